The molecule has 2 aliphatic rings. The fraction of sp³-hybridized carbons (Fsp3) is 0.105. The highest BCUT2D eigenvalue weighted by Crippen LogP contribution is 2.56. The summed E-state index contributed by atoms with van der Waals surface area (Å²) in [7, 11) is -3.64. The van der Waals surface area contributed by atoms with Gasteiger partial charge in [0, 0.05) is 6.20 Å². The molecule has 1 aromatic heterocycles. The van der Waals surface area contributed by atoms with E-state index in [-0.39, 0.29) is 9.79 Å². The molecule has 0 aliphatic carbocycles. The maximum absolute atomic E-state index is 13.0. The van der Waals surface area contributed by atoms with Gasteiger partial charge in [-0.05, 0) is 48.4 Å². The lowest BCUT2D eigenvalue weighted by molar-refractivity contribution is 0.473. The van der Waals surface area contributed by atoms with Crippen LogP contribution in [0.4, 0.5) is 17.2 Å². The number of rotatable bonds is 1. The molecule has 5 rings (SSSR count). The van der Waals surface area contributed by atoms with E-state index in [1.807, 2.05) is 23.1 Å². The van der Waals surface area contributed by atoms with Gasteiger partial charge in [0.25, 0.3) is 0 Å². The number of pyridine rings is 1. The third-order valence-electron chi connectivity index (χ3n) is 4.62. The van der Waals surface area contributed by atoms with Crippen LogP contribution in [0.2, 0.25) is 0 Å². The lowest BCUT2D eigenvalue weighted by atomic mass is 10.1. The largest absolute Gasteiger partial charge is 0.453 e. The molecule has 0 unspecified atom stereocenters. The summed E-state index contributed by atoms with van der Waals surface area (Å²) in [6.07, 6.45) is 2.49. The Labute approximate surface area is 145 Å². The van der Waals surface area contributed by atoms with Crippen LogP contribution in [-0.4, -0.2) is 13.4 Å². The Balaban J connectivity index is 1.91. The van der Waals surface area contributed by atoms with Crippen LogP contribution >= 0.6 is 0 Å². The summed E-state index contributed by atoms with van der Waals surface area (Å²) >= 11 is 0. The number of ether oxygens (including phenoxy) is 1. The Morgan fingerprint density at radius 2 is 1.88 bits per heavy atom. The van der Waals surface area contributed by atoms with E-state index in [9.17, 15) is 8.42 Å². The van der Waals surface area contributed by atoms with Crippen molar-refractivity contribution >= 4 is 27.0 Å². The number of nitrogens with zero attached hydrogens (tertiary/aromatic N) is 2. The van der Waals surface area contributed by atoms with Crippen LogP contribution in [0.1, 0.15) is 12.5 Å². The van der Waals surface area contributed by atoms with Crippen LogP contribution in [0.25, 0.3) is 0 Å². The van der Waals surface area contributed by atoms with E-state index in [1.165, 1.54) is 0 Å². The van der Waals surface area contributed by atoms with Gasteiger partial charge < -0.3 is 4.74 Å². The monoisotopic (exact) mass is 350 g/mol. The van der Waals surface area contributed by atoms with Crippen molar-refractivity contribution in [1.82, 2.24) is 4.98 Å². The first-order valence-electron chi connectivity index (χ1n) is 8.05. The zero-order valence-electron chi connectivity index (χ0n) is 13.4. The van der Waals surface area contributed by atoms with Gasteiger partial charge in [0.1, 0.15) is 10.6 Å². The highest BCUT2D eigenvalue weighted by molar-refractivity contribution is 7.92. The van der Waals surface area contributed by atoms with Gasteiger partial charge in [0.15, 0.2) is 17.3 Å². The van der Waals surface area contributed by atoms with Crippen molar-refractivity contribution in [3.05, 3.63) is 60.3 Å². The first kappa shape index (κ1) is 14.5. The van der Waals surface area contributed by atoms with Gasteiger partial charge in [-0.15, -0.1) is 0 Å². The van der Waals surface area contributed by atoms with Gasteiger partial charge in [0.2, 0.25) is 9.84 Å². The Kier molecular flexibility index (Phi) is 2.80. The van der Waals surface area contributed by atoms with Gasteiger partial charge >= 0.3 is 0 Å². The SMILES string of the molecule is CCc1ccc2c(c1)N1c3ncccc3S(=O)(=O)c3cccc(c31)O2. The van der Waals surface area contributed by atoms with E-state index in [0.717, 1.165) is 17.7 Å². The van der Waals surface area contributed by atoms with E-state index in [2.05, 4.69) is 11.9 Å². The molecule has 5 nitrogen and oxygen atoms in total. The number of hydrogen-bond acceptors (Lipinski definition) is 5. The van der Waals surface area contributed by atoms with Crippen molar-refractivity contribution in [2.45, 2.75) is 23.1 Å². The van der Waals surface area contributed by atoms with Crippen molar-refractivity contribution in [3.63, 3.8) is 0 Å². The molecule has 6 heteroatoms. The Bertz CT molecular complexity index is 1140. The molecule has 2 aromatic carbocycles. The molecule has 0 saturated heterocycles. The first-order valence-corrected chi connectivity index (χ1v) is 9.53. The molecule has 0 radical (unpaired) electrons. The number of fused-ring (bicyclic) bond motifs is 4. The Hall–Kier alpha value is -2.86. The fourth-order valence-electron chi connectivity index (χ4n) is 3.40. The minimum Gasteiger partial charge on any atom is -0.453 e. The van der Waals surface area contributed by atoms with Crippen LogP contribution in [0.3, 0.4) is 0 Å². The third-order valence-corrected chi connectivity index (χ3v) is 6.43. The standard InChI is InChI=1S/C19H14N2O3S/c1-2-12-8-9-14-13(11-12)21-18-15(24-14)5-3-6-16(18)25(22,23)17-7-4-10-20-19(17)21/h3-11H,2H2,1H3. The summed E-state index contributed by atoms with van der Waals surface area (Å²) in [5, 5.41) is 0. The second-order valence-corrected chi connectivity index (χ2v) is 7.91. The zero-order valence-corrected chi connectivity index (χ0v) is 14.2. The number of hydrogen-bond donors (Lipinski definition) is 0. The molecular weight excluding hydrogens is 336 g/mol. The van der Waals surface area contributed by atoms with Crippen molar-refractivity contribution in [1.29, 1.82) is 0 Å². The van der Waals surface area contributed by atoms with Crippen molar-refractivity contribution in [3.8, 4) is 11.5 Å². The van der Waals surface area contributed by atoms with E-state index >= 15 is 0 Å². The van der Waals surface area contributed by atoms with Crippen molar-refractivity contribution < 1.29 is 13.2 Å². The third kappa shape index (κ3) is 1.83. The van der Waals surface area contributed by atoms with Crippen LogP contribution in [0.5, 0.6) is 11.5 Å². The topological polar surface area (TPSA) is 59.5 Å². The van der Waals surface area contributed by atoms with E-state index in [0.29, 0.717) is 23.0 Å². The van der Waals surface area contributed by atoms with Crippen molar-refractivity contribution in [2.24, 2.45) is 0 Å². The molecule has 0 bridgehead atoms. The second-order valence-electron chi connectivity index (χ2n) is 6.02. The van der Waals surface area contributed by atoms with Crippen LogP contribution in [0, 0.1) is 0 Å². The number of aromatic nitrogens is 1. The summed E-state index contributed by atoms with van der Waals surface area (Å²) in [6, 6.07) is 14.3. The average Bonchev–Trinajstić information content (AvgIpc) is 2.64. The lowest BCUT2D eigenvalue weighted by Gasteiger charge is -2.37. The molecule has 0 fully saturated rings. The Morgan fingerprint density at radius 1 is 1.04 bits per heavy atom. The van der Waals surface area contributed by atoms with E-state index in [1.54, 1.807) is 36.5 Å². The minimum absolute atomic E-state index is 0.217. The fourth-order valence-corrected chi connectivity index (χ4v) is 4.99. The number of benzene rings is 2. The number of anilines is 3. The minimum atomic E-state index is -3.64. The smallest absolute Gasteiger partial charge is 0.212 e. The second kappa shape index (κ2) is 4.83. The summed E-state index contributed by atoms with van der Waals surface area (Å²) in [5.41, 5.74) is 2.50. The predicted molar refractivity (Wildman–Crippen MR) is 93.8 cm³/mol. The molecule has 0 atom stereocenters. The quantitative estimate of drug-likeness (QED) is 0.449. The van der Waals surface area contributed by atoms with E-state index < -0.39 is 9.84 Å². The Morgan fingerprint density at radius 3 is 2.72 bits per heavy atom. The van der Waals surface area contributed by atoms with Crippen LogP contribution in [-0.2, 0) is 16.3 Å². The molecule has 0 saturated carbocycles. The highest BCUT2D eigenvalue weighted by atomic mass is 32.2. The maximum Gasteiger partial charge on any atom is 0.212 e. The summed E-state index contributed by atoms with van der Waals surface area (Å²) < 4.78 is 32.1. The summed E-state index contributed by atoms with van der Waals surface area (Å²) in [6.45, 7) is 2.08. The molecule has 3 aromatic rings. The van der Waals surface area contributed by atoms with Gasteiger partial charge in [-0.2, -0.15) is 0 Å². The number of para-hydroxylation sites is 1. The maximum atomic E-state index is 13.0. The van der Waals surface area contributed by atoms with Crippen molar-refractivity contribution in [2.75, 3.05) is 4.90 Å². The molecule has 0 spiro atoms. The molecule has 25 heavy (non-hydrogen) atoms. The normalized spacial score (nSPS) is 15.6. The molecule has 0 amide bonds. The predicted octanol–water partition coefficient (Wildman–Crippen LogP) is 4.37. The van der Waals surface area contributed by atoms with Gasteiger partial charge in [-0.3, -0.25) is 4.90 Å². The van der Waals surface area contributed by atoms with E-state index in [4.69, 9.17) is 4.74 Å². The lowest BCUT2D eigenvalue weighted by Crippen LogP contribution is -2.26. The van der Waals surface area contributed by atoms with Gasteiger partial charge in [-0.1, -0.05) is 19.1 Å². The summed E-state index contributed by atoms with van der Waals surface area (Å²) in [5.74, 6) is 1.63. The molecule has 124 valence electrons. The molecule has 0 N–H and O–H groups in total. The van der Waals surface area contributed by atoms with Crippen LogP contribution < -0.4 is 9.64 Å². The van der Waals surface area contributed by atoms with Gasteiger partial charge in [-0.25, -0.2) is 13.4 Å². The highest BCUT2D eigenvalue weighted by Gasteiger charge is 2.41. The molecule has 2 aliphatic heterocycles. The number of sulfone groups is 1. The number of aryl methyl sites for hydroxylation is 1. The van der Waals surface area contributed by atoms with Crippen LogP contribution in [0.15, 0.2) is 64.5 Å². The molecular formula is C19H14N2O3S. The van der Waals surface area contributed by atoms with Gasteiger partial charge in [0.05, 0.1) is 10.6 Å². The molecule has 3 heterocycles. The average molecular weight is 350 g/mol. The summed E-state index contributed by atoms with van der Waals surface area (Å²) in [4.78, 5) is 6.75. The first-order chi connectivity index (χ1) is 12.1. The zero-order chi connectivity index (χ0) is 17.2.